The first-order valence-corrected chi connectivity index (χ1v) is 9.85. The van der Waals surface area contributed by atoms with Crippen molar-refractivity contribution in [2.45, 2.75) is 38.8 Å². The third-order valence-corrected chi connectivity index (χ3v) is 4.56. The summed E-state index contributed by atoms with van der Waals surface area (Å²) in [5, 5.41) is 6.24. The second kappa shape index (κ2) is 8.69. The van der Waals surface area contributed by atoms with E-state index in [2.05, 4.69) is 20.5 Å². The third-order valence-electron chi connectivity index (χ3n) is 4.33. The number of amides is 2. The number of ether oxygens (including phenoxy) is 1. The predicted octanol–water partition coefficient (Wildman–Crippen LogP) is 4.09. The van der Waals surface area contributed by atoms with Crippen LogP contribution in [-0.4, -0.2) is 41.7 Å². The van der Waals surface area contributed by atoms with Gasteiger partial charge in [0.15, 0.2) is 0 Å². The van der Waals surface area contributed by atoms with E-state index in [-0.39, 0.29) is 11.9 Å². The van der Waals surface area contributed by atoms with E-state index < -0.39 is 11.7 Å². The molecule has 0 spiro atoms. The highest BCUT2D eigenvalue weighted by Crippen LogP contribution is 2.20. The summed E-state index contributed by atoms with van der Waals surface area (Å²) in [5.74, 6) is 0.509. The van der Waals surface area contributed by atoms with Crippen molar-refractivity contribution in [2.24, 2.45) is 0 Å². The first-order valence-electron chi connectivity index (χ1n) is 9.47. The van der Waals surface area contributed by atoms with Crippen LogP contribution in [0.1, 0.15) is 37.6 Å². The van der Waals surface area contributed by atoms with Crippen LogP contribution < -0.4 is 15.5 Å². The lowest BCUT2D eigenvalue weighted by molar-refractivity contribution is 0.0509. The topological polar surface area (TPSA) is 83.6 Å². The standard InChI is InChI=1S/C21H25ClN4O3/c1-21(2,3)29-20(28)25-17-9-10-26(13-17)18-8-7-14(12-23-18)19(27)24-16-6-4-5-15(22)11-16/h4-8,11-12,17H,9-10,13H2,1-3H3,(H,24,27)(H,25,28)/t17-/m0/s1. The molecule has 0 radical (unpaired) electrons. The van der Waals surface area contributed by atoms with E-state index >= 15 is 0 Å². The number of aromatic nitrogens is 1. The number of anilines is 2. The van der Waals surface area contributed by atoms with Crippen LogP contribution in [0, 0.1) is 0 Å². The molecule has 29 heavy (non-hydrogen) atoms. The van der Waals surface area contributed by atoms with Gasteiger partial charge in [-0.3, -0.25) is 4.79 Å². The molecule has 1 aromatic heterocycles. The van der Waals surface area contributed by atoms with Crippen molar-refractivity contribution in [3.05, 3.63) is 53.2 Å². The lowest BCUT2D eigenvalue weighted by Crippen LogP contribution is -2.40. The number of nitrogens with one attached hydrogen (secondary N) is 2. The van der Waals surface area contributed by atoms with E-state index in [1.54, 1.807) is 36.5 Å². The summed E-state index contributed by atoms with van der Waals surface area (Å²) in [5.41, 5.74) is 0.560. The Hall–Kier alpha value is -2.80. The van der Waals surface area contributed by atoms with Crippen molar-refractivity contribution in [1.82, 2.24) is 10.3 Å². The summed E-state index contributed by atoms with van der Waals surface area (Å²) in [6.07, 6.45) is 1.94. The maximum absolute atomic E-state index is 12.4. The van der Waals surface area contributed by atoms with Gasteiger partial charge in [0.25, 0.3) is 5.91 Å². The molecule has 154 valence electrons. The molecular formula is C21H25ClN4O3. The van der Waals surface area contributed by atoms with Crippen molar-refractivity contribution >= 4 is 35.1 Å². The third kappa shape index (κ3) is 6.09. The Labute approximate surface area is 175 Å². The summed E-state index contributed by atoms with van der Waals surface area (Å²) in [7, 11) is 0. The molecule has 0 aliphatic carbocycles. The largest absolute Gasteiger partial charge is 0.444 e. The van der Waals surface area contributed by atoms with Gasteiger partial charge in [-0.25, -0.2) is 9.78 Å². The van der Waals surface area contributed by atoms with E-state index in [9.17, 15) is 9.59 Å². The smallest absolute Gasteiger partial charge is 0.407 e. The minimum atomic E-state index is -0.522. The molecule has 8 heteroatoms. The molecule has 2 N–H and O–H groups in total. The van der Waals surface area contributed by atoms with Gasteiger partial charge in [-0.05, 0) is 57.5 Å². The first kappa shape index (κ1) is 20.9. The molecule has 2 heterocycles. The van der Waals surface area contributed by atoms with Crippen LogP contribution in [0.5, 0.6) is 0 Å². The highest BCUT2D eigenvalue weighted by atomic mass is 35.5. The molecule has 7 nitrogen and oxygen atoms in total. The van der Waals surface area contributed by atoms with Crippen LogP contribution in [-0.2, 0) is 4.74 Å². The van der Waals surface area contributed by atoms with Crippen molar-refractivity contribution in [3.63, 3.8) is 0 Å². The number of carbonyl (C=O) groups is 2. The lowest BCUT2D eigenvalue weighted by Gasteiger charge is -2.22. The number of hydrogen-bond acceptors (Lipinski definition) is 5. The van der Waals surface area contributed by atoms with Gasteiger partial charge in [-0.2, -0.15) is 0 Å². The minimum absolute atomic E-state index is 0.00236. The average Bonchev–Trinajstić information content (AvgIpc) is 3.08. The molecule has 1 atom stereocenters. The number of hydrogen-bond donors (Lipinski definition) is 2. The monoisotopic (exact) mass is 416 g/mol. The predicted molar refractivity (Wildman–Crippen MR) is 114 cm³/mol. The van der Waals surface area contributed by atoms with E-state index in [1.165, 1.54) is 0 Å². The van der Waals surface area contributed by atoms with Crippen LogP contribution in [0.15, 0.2) is 42.6 Å². The molecule has 2 amide bonds. The van der Waals surface area contributed by atoms with Crippen LogP contribution in [0.4, 0.5) is 16.3 Å². The molecule has 1 aliphatic rings. The van der Waals surface area contributed by atoms with Crippen molar-refractivity contribution in [3.8, 4) is 0 Å². The fourth-order valence-corrected chi connectivity index (χ4v) is 3.23. The maximum atomic E-state index is 12.4. The molecular weight excluding hydrogens is 392 g/mol. The van der Waals surface area contributed by atoms with Gasteiger partial charge in [0.2, 0.25) is 0 Å². The molecule has 2 aromatic rings. The van der Waals surface area contributed by atoms with E-state index in [1.807, 2.05) is 26.8 Å². The van der Waals surface area contributed by atoms with E-state index in [4.69, 9.17) is 16.3 Å². The zero-order chi connectivity index (χ0) is 21.0. The minimum Gasteiger partial charge on any atom is -0.444 e. The fourth-order valence-electron chi connectivity index (χ4n) is 3.04. The van der Waals surface area contributed by atoms with Crippen molar-refractivity contribution in [2.75, 3.05) is 23.3 Å². The second-order valence-electron chi connectivity index (χ2n) is 7.95. The number of benzene rings is 1. The van der Waals surface area contributed by atoms with Gasteiger partial charge in [-0.15, -0.1) is 0 Å². The molecule has 1 fully saturated rings. The van der Waals surface area contributed by atoms with E-state index in [0.717, 1.165) is 18.8 Å². The quantitative estimate of drug-likeness (QED) is 0.784. The van der Waals surface area contributed by atoms with Crippen LogP contribution in [0.3, 0.4) is 0 Å². The number of carbonyl (C=O) groups excluding carboxylic acids is 2. The number of nitrogens with zero attached hydrogens (tertiary/aromatic N) is 2. The van der Waals surface area contributed by atoms with Gasteiger partial charge in [0.1, 0.15) is 11.4 Å². The molecule has 0 bridgehead atoms. The fraction of sp³-hybridized carbons (Fsp3) is 0.381. The second-order valence-corrected chi connectivity index (χ2v) is 8.38. The zero-order valence-corrected chi connectivity index (χ0v) is 17.5. The Morgan fingerprint density at radius 3 is 2.69 bits per heavy atom. The van der Waals surface area contributed by atoms with Crippen molar-refractivity contribution < 1.29 is 14.3 Å². The first-order chi connectivity index (χ1) is 13.7. The van der Waals surface area contributed by atoms with Gasteiger partial charge < -0.3 is 20.3 Å². The summed E-state index contributed by atoms with van der Waals surface area (Å²) >= 11 is 5.94. The Kier molecular flexibility index (Phi) is 6.27. The summed E-state index contributed by atoms with van der Waals surface area (Å²) < 4.78 is 5.30. The Balaban J connectivity index is 1.55. The molecule has 1 saturated heterocycles. The highest BCUT2D eigenvalue weighted by molar-refractivity contribution is 6.30. The SMILES string of the molecule is CC(C)(C)OC(=O)N[C@H]1CCN(c2ccc(C(=O)Nc3cccc(Cl)c3)cn2)C1. The van der Waals surface area contributed by atoms with Crippen LogP contribution in [0.25, 0.3) is 0 Å². The van der Waals surface area contributed by atoms with Crippen LogP contribution in [0.2, 0.25) is 5.02 Å². The van der Waals surface area contributed by atoms with Gasteiger partial charge >= 0.3 is 6.09 Å². The Morgan fingerprint density at radius 2 is 2.03 bits per heavy atom. The Morgan fingerprint density at radius 1 is 1.24 bits per heavy atom. The van der Waals surface area contributed by atoms with Crippen molar-refractivity contribution in [1.29, 1.82) is 0 Å². The molecule has 1 aromatic carbocycles. The summed E-state index contributed by atoms with van der Waals surface area (Å²) in [6.45, 7) is 6.91. The maximum Gasteiger partial charge on any atom is 0.407 e. The molecule has 0 saturated carbocycles. The molecule has 1 aliphatic heterocycles. The zero-order valence-electron chi connectivity index (χ0n) is 16.7. The summed E-state index contributed by atoms with van der Waals surface area (Å²) in [4.78, 5) is 30.8. The van der Waals surface area contributed by atoms with E-state index in [0.29, 0.717) is 22.8 Å². The summed E-state index contributed by atoms with van der Waals surface area (Å²) in [6, 6.07) is 10.5. The van der Waals surface area contributed by atoms with Gasteiger partial charge in [0.05, 0.1) is 11.6 Å². The number of alkyl carbamates (subject to hydrolysis) is 1. The normalized spacial score (nSPS) is 16.4. The number of pyridine rings is 1. The van der Waals surface area contributed by atoms with Gasteiger partial charge in [0, 0.05) is 30.0 Å². The average molecular weight is 417 g/mol. The Bertz CT molecular complexity index is 880. The number of halogens is 1. The molecule has 0 unspecified atom stereocenters. The number of rotatable bonds is 4. The van der Waals surface area contributed by atoms with Gasteiger partial charge in [-0.1, -0.05) is 17.7 Å². The highest BCUT2D eigenvalue weighted by Gasteiger charge is 2.27. The lowest BCUT2D eigenvalue weighted by atomic mass is 10.2. The van der Waals surface area contributed by atoms with Crippen LogP contribution >= 0.6 is 11.6 Å². The molecule has 3 rings (SSSR count).